The molecule has 0 aromatic heterocycles. The average molecular weight is 272 g/mol. The summed E-state index contributed by atoms with van der Waals surface area (Å²) < 4.78 is 0. The van der Waals surface area contributed by atoms with Crippen LogP contribution in [0.4, 0.5) is 0 Å². The fourth-order valence-electron chi connectivity index (χ4n) is 5.13. The highest BCUT2D eigenvalue weighted by Crippen LogP contribution is 2.55. The van der Waals surface area contributed by atoms with Crippen molar-refractivity contribution in [1.82, 2.24) is 0 Å². The van der Waals surface area contributed by atoms with Crippen LogP contribution in [0.15, 0.2) is 23.3 Å². The molecule has 3 aliphatic rings. The quantitative estimate of drug-likeness (QED) is 0.464. The molecule has 0 radical (unpaired) electrons. The van der Waals surface area contributed by atoms with Crippen LogP contribution in [0, 0.1) is 28.6 Å². The van der Waals surface area contributed by atoms with Gasteiger partial charge in [0.25, 0.3) is 0 Å². The summed E-state index contributed by atoms with van der Waals surface area (Å²) in [7, 11) is 0. The van der Waals surface area contributed by atoms with Crippen molar-refractivity contribution in [2.75, 3.05) is 0 Å². The van der Waals surface area contributed by atoms with E-state index in [9.17, 15) is 0 Å². The Balaban J connectivity index is 1.99. The lowest BCUT2D eigenvalue weighted by molar-refractivity contribution is 0.172. The van der Waals surface area contributed by atoms with Gasteiger partial charge in [-0.1, -0.05) is 51.0 Å². The lowest BCUT2D eigenvalue weighted by atomic mass is 9.60. The SMILES string of the molecule is CC1=CCC2=CC(C)(C)CC[C@]2(C)C[C@H]2[C@@H](C)CC[C@@H]12. The molecule has 0 aliphatic heterocycles. The summed E-state index contributed by atoms with van der Waals surface area (Å²) in [6.45, 7) is 12.3. The van der Waals surface area contributed by atoms with E-state index >= 15 is 0 Å². The standard InChI is InChI=1S/C20H32/c1-14-6-8-16-12-19(3,4)10-11-20(16,5)13-18-15(2)7-9-17(14)18/h6,12,15,17-18H,7-11,13H2,1-5H3/t15-,17-,18-,20+/m0/s1. The van der Waals surface area contributed by atoms with Gasteiger partial charge in [-0.15, -0.1) is 0 Å². The number of hydrogen-bond acceptors (Lipinski definition) is 0. The molecule has 0 spiro atoms. The Morgan fingerprint density at radius 3 is 2.60 bits per heavy atom. The number of allylic oxidation sites excluding steroid dienone is 4. The molecule has 0 aromatic carbocycles. The van der Waals surface area contributed by atoms with Crippen LogP contribution in [0.2, 0.25) is 0 Å². The third kappa shape index (κ3) is 2.40. The predicted octanol–water partition coefficient (Wildman–Crippen LogP) is 6.14. The Kier molecular flexibility index (Phi) is 3.42. The number of rotatable bonds is 0. The first kappa shape index (κ1) is 14.4. The normalized spacial score (nSPS) is 43.8. The van der Waals surface area contributed by atoms with Crippen molar-refractivity contribution in [3.8, 4) is 0 Å². The number of hydrogen-bond donors (Lipinski definition) is 0. The minimum atomic E-state index is 0.413. The second kappa shape index (κ2) is 4.75. The van der Waals surface area contributed by atoms with E-state index in [1.807, 2.05) is 0 Å². The van der Waals surface area contributed by atoms with Gasteiger partial charge in [0.2, 0.25) is 0 Å². The molecule has 0 bridgehead atoms. The van der Waals surface area contributed by atoms with Gasteiger partial charge in [0, 0.05) is 0 Å². The fourth-order valence-corrected chi connectivity index (χ4v) is 5.13. The van der Waals surface area contributed by atoms with Gasteiger partial charge in [-0.2, -0.15) is 0 Å². The van der Waals surface area contributed by atoms with E-state index in [1.54, 1.807) is 11.1 Å². The first-order chi connectivity index (χ1) is 9.31. The maximum Gasteiger partial charge on any atom is -0.0110 e. The van der Waals surface area contributed by atoms with E-state index in [0.29, 0.717) is 10.8 Å². The smallest absolute Gasteiger partial charge is 0.0110 e. The summed E-state index contributed by atoms with van der Waals surface area (Å²) in [5.74, 6) is 2.74. The first-order valence-electron chi connectivity index (χ1n) is 8.70. The molecule has 0 amide bonds. The van der Waals surface area contributed by atoms with Crippen LogP contribution in [-0.2, 0) is 0 Å². The Hall–Kier alpha value is -0.520. The van der Waals surface area contributed by atoms with Crippen molar-refractivity contribution in [1.29, 1.82) is 0 Å². The summed E-state index contributed by atoms with van der Waals surface area (Å²) >= 11 is 0. The summed E-state index contributed by atoms with van der Waals surface area (Å²) in [5, 5.41) is 0. The van der Waals surface area contributed by atoms with Gasteiger partial charge in [-0.3, -0.25) is 0 Å². The van der Waals surface area contributed by atoms with Gasteiger partial charge in [0.05, 0.1) is 0 Å². The highest BCUT2D eigenvalue weighted by molar-refractivity contribution is 5.27. The Bertz CT molecular complexity index is 451. The molecule has 0 unspecified atom stereocenters. The first-order valence-corrected chi connectivity index (χ1v) is 8.70. The highest BCUT2D eigenvalue weighted by Gasteiger charge is 2.44. The maximum absolute atomic E-state index is 2.63. The van der Waals surface area contributed by atoms with Gasteiger partial charge in [-0.05, 0) is 74.0 Å². The molecule has 4 atom stereocenters. The molecule has 0 heterocycles. The Morgan fingerprint density at radius 1 is 1.10 bits per heavy atom. The second-order valence-corrected chi connectivity index (χ2v) is 8.90. The summed E-state index contributed by atoms with van der Waals surface area (Å²) in [5.41, 5.74) is 4.32. The van der Waals surface area contributed by atoms with Crippen molar-refractivity contribution < 1.29 is 0 Å². The van der Waals surface area contributed by atoms with Crippen LogP contribution in [-0.4, -0.2) is 0 Å². The molecule has 0 N–H and O–H groups in total. The molecule has 112 valence electrons. The molecule has 20 heavy (non-hydrogen) atoms. The monoisotopic (exact) mass is 272 g/mol. The van der Waals surface area contributed by atoms with Crippen LogP contribution in [0.25, 0.3) is 0 Å². The Labute approximate surface area is 125 Å². The van der Waals surface area contributed by atoms with Gasteiger partial charge in [0.15, 0.2) is 0 Å². The highest BCUT2D eigenvalue weighted by atomic mass is 14.5. The van der Waals surface area contributed by atoms with Crippen molar-refractivity contribution >= 4 is 0 Å². The van der Waals surface area contributed by atoms with Gasteiger partial charge >= 0.3 is 0 Å². The third-order valence-corrected chi connectivity index (χ3v) is 6.76. The molecule has 0 aromatic rings. The molecule has 1 fully saturated rings. The van der Waals surface area contributed by atoms with Crippen molar-refractivity contribution in [2.45, 2.75) is 73.1 Å². The van der Waals surface area contributed by atoms with Crippen LogP contribution >= 0.6 is 0 Å². The van der Waals surface area contributed by atoms with E-state index in [4.69, 9.17) is 0 Å². The van der Waals surface area contributed by atoms with E-state index in [1.165, 1.54) is 38.5 Å². The zero-order valence-electron chi connectivity index (χ0n) is 14.1. The summed E-state index contributed by atoms with van der Waals surface area (Å²) in [6, 6.07) is 0. The summed E-state index contributed by atoms with van der Waals surface area (Å²) in [6.07, 6.45) is 13.5. The second-order valence-electron chi connectivity index (χ2n) is 8.90. The van der Waals surface area contributed by atoms with Gasteiger partial charge in [0.1, 0.15) is 0 Å². The van der Waals surface area contributed by atoms with Crippen molar-refractivity contribution in [3.63, 3.8) is 0 Å². The van der Waals surface area contributed by atoms with Crippen LogP contribution in [0.1, 0.15) is 73.1 Å². The fraction of sp³-hybridized carbons (Fsp3) is 0.800. The third-order valence-electron chi connectivity index (χ3n) is 6.76. The van der Waals surface area contributed by atoms with Crippen molar-refractivity contribution in [3.05, 3.63) is 23.3 Å². The van der Waals surface area contributed by atoms with Crippen LogP contribution < -0.4 is 0 Å². The molecular formula is C20H32. The van der Waals surface area contributed by atoms with E-state index < -0.39 is 0 Å². The van der Waals surface area contributed by atoms with E-state index in [-0.39, 0.29) is 0 Å². The summed E-state index contributed by atoms with van der Waals surface area (Å²) in [4.78, 5) is 0. The van der Waals surface area contributed by atoms with Crippen LogP contribution in [0.3, 0.4) is 0 Å². The molecule has 0 nitrogen and oxygen atoms in total. The Morgan fingerprint density at radius 2 is 1.85 bits per heavy atom. The predicted molar refractivity (Wildman–Crippen MR) is 87.6 cm³/mol. The van der Waals surface area contributed by atoms with Crippen molar-refractivity contribution in [2.24, 2.45) is 28.6 Å². The molecule has 1 saturated carbocycles. The average Bonchev–Trinajstić information content (AvgIpc) is 2.71. The van der Waals surface area contributed by atoms with Gasteiger partial charge < -0.3 is 0 Å². The molecule has 3 aliphatic carbocycles. The molecular weight excluding hydrogens is 240 g/mol. The van der Waals surface area contributed by atoms with Crippen LogP contribution in [0.5, 0.6) is 0 Å². The topological polar surface area (TPSA) is 0 Å². The van der Waals surface area contributed by atoms with E-state index in [2.05, 4.69) is 46.8 Å². The molecule has 0 heteroatoms. The zero-order valence-corrected chi connectivity index (χ0v) is 14.1. The van der Waals surface area contributed by atoms with E-state index in [0.717, 1.165) is 17.8 Å². The number of fused-ring (bicyclic) bond motifs is 2. The minimum absolute atomic E-state index is 0.413. The maximum atomic E-state index is 2.63. The molecule has 0 saturated heterocycles. The zero-order chi connectivity index (χ0) is 14.5. The minimum Gasteiger partial charge on any atom is -0.0812 e. The van der Waals surface area contributed by atoms with Gasteiger partial charge in [-0.25, -0.2) is 0 Å². The lowest BCUT2D eigenvalue weighted by Gasteiger charge is -2.45. The largest absolute Gasteiger partial charge is 0.0812 e. The lowest BCUT2D eigenvalue weighted by Crippen LogP contribution is -2.34. The molecule has 3 rings (SSSR count).